The molecule has 0 unspecified atom stereocenters. The summed E-state index contributed by atoms with van der Waals surface area (Å²) in [5, 5.41) is 16.8. The Morgan fingerprint density at radius 1 is 1.35 bits per heavy atom. The van der Waals surface area contributed by atoms with Crippen molar-refractivity contribution >= 4 is 5.91 Å². The molecule has 1 aromatic heterocycles. The molecule has 5 heteroatoms. The van der Waals surface area contributed by atoms with Crippen LogP contribution >= 0.6 is 0 Å². The molecule has 1 amide bonds. The normalized spacial score (nSPS) is 10.6. The van der Waals surface area contributed by atoms with E-state index in [0.29, 0.717) is 17.7 Å². The molecule has 20 heavy (non-hydrogen) atoms. The molecule has 1 aromatic carbocycles. The molecule has 0 bridgehead atoms. The third-order valence-electron chi connectivity index (χ3n) is 3.63. The molecule has 0 saturated heterocycles. The molecular formula is C15H19N3O2. The topological polar surface area (TPSA) is 67.2 Å². The summed E-state index contributed by atoms with van der Waals surface area (Å²) in [7, 11) is 1.88. The number of phenolic OH excluding ortho intramolecular Hbond substituents is 1. The molecule has 0 atom stereocenters. The van der Waals surface area contributed by atoms with Crippen LogP contribution in [-0.2, 0) is 13.6 Å². The maximum Gasteiger partial charge on any atom is 0.251 e. The summed E-state index contributed by atoms with van der Waals surface area (Å²) in [4.78, 5) is 12.2. The average molecular weight is 273 g/mol. The fourth-order valence-corrected chi connectivity index (χ4v) is 2.21. The Labute approximate surface area is 118 Å². The highest BCUT2D eigenvalue weighted by Gasteiger charge is 2.14. The van der Waals surface area contributed by atoms with Gasteiger partial charge in [0.1, 0.15) is 5.75 Å². The van der Waals surface area contributed by atoms with Gasteiger partial charge in [-0.1, -0.05) is 6.07 Å². The quantitative estimate of drug-likeness (QED) is 0.898. The average Bonchev–Trinajstić information content (AvgIpc) is 2.64. The number of rotatable bonds is 3. The maximum atomic E-state index is 12.2. The maximum absolute atomic E-state index is 12.2. The fourth-order valence-electron chi connectivity index (χ4n) is 2.21. The van der Waals surface area contributed by atoms with Crippen molar-refractivity contribution < 1.29 is 9.90 Å². The Morgan fingerprint density at radius 2 is 2.05 bits per heavy atom. The van der Waals surface area contributed by atoms with Gasteiger partial charge in [0.25, 0.3) is 5.91 Å². The van der Waals surface area contributed by atoms with Gasteiger partial charge in [-0.05, 0) is 32.9 Å². The van der Waals surface area contributed by atoms with E-state index >= 15 is 0 Å². The second kappa shape index (κ2) is 5.36. The Bertz CT molecular complexity index is 659. The summed E-state index contributed by atoms with van der Waals surface area (Å²) in [6.45, 7) is 6.05. The van der Waals surface area contributed by atoms with E-state index in [0.717, 1.165) is 17.0 Å². The highest BCUT2D eigenvalue weighted by Crippen LogP contribution is 2.19. The molecule has 0 fully saturated rings. The molecule has 2 N–H and O–H groups in total. The summed E-state index contributed by atoms with van der Waals surface area (Å²) < 4.78 is 1.80. The van der Waals surface area contributed by atoms with Gasteiger partial charge >= 0.3 is 0 Å². The predicted octanol–water partition coefficient (Wildman–Crippen LogP) is 1.98. The van der Waals surface area contributed by atoms with Crippen LogP contribution in [0.4, 0.5) is 0 Å². The molecule has 106 valence electrons. The molecule has 0 radical (unpaired) electrons. The van der Waals surface area contributed by atoms with Gasteiger partial charge in [-0.15, -0.1) is 0 Å². The number of carbonyl (C=O) groups is 1. The molecule has 0 aliphatic rings. The summed E-state index contributed by atoms with van der Waals surface area (Å²) >= 11 is 0. The molecule has 5 nitrogen and oxygen atoms in total. The van der Waals surface area contributed by atoms with Gasteiger partial charge in [-0.3, -0.25) is 9.48 Å². The van der Waals surface area contributed by atoms with Gasteiger partial charge in [0.15, 0.2) is 0 Å². The minimum absolute atomic E-state index is 0.131. The lowest BCUT2D eigenvalue weighted by molar-refractivity contribution is 0.0950. The van der Waals surface area contributed by atoms with Crippen molar-refractivity contribution in [1.29, 1.82) is 0 Å². The summed E-state index contributed by atoms with van der Waals surface area (Å²) in [5.41, 5.74) is 4.06. The van der Waals surface area contributed by atoms with Gasteiger partial charge in [-0.2, -0.15) is 5.10 Å². The van der Waals surface area contributed by atoms with E-state index in [1.165, 1.54) is 0 Å². The molecule has 2 aromatic rings. The van der Waals surface area contributed by atoms with Gasteiger partial charge in [0.2, 0.25) is 0 Å². The standard InChI is InChI=1S/C15H19N3O2/c1-9-12(6-5-7-14(9)19)15(20)16-8-13-10(2)17-18(4)11(13)3/h5-7,19H,8H2,1-4H3,(H,16,20). The van der Waals surface area contributed by atoms with Crippen molar-refractivity contribution in [2.45, 2.75) is 27.3 Å². The first-order valence-electron chi connectivity index (χ1n) is 6.47. The van der Waals surface area contributed by atoms with Crippen LogP contribution in [0.15, 0.2) is 18.2 Å². The lowest BCUT2D eigenvalue weighted by atomic mass is 10.1. The minimum Gasteiger partial charge on any atom is -0.508 e. The zero-order valence-electron chi connectivity index (χ0n) is 12.2. The first-order chi connectivity index (χ1) is 9.41. The van der Waals surface area contributed by atoms with E-state index in [-0.39, 0.29) is 11.7 Å². The second-order valence-electron chi connectivity index (χ2n) is 4.91. The van der Waals surface area contributed by atoms with Crippen molar-refractivity contribution in [2.24, 2.45) is 7.05 Å². The first kappa shape index (κ1) is 14.1. The van der Waals surface area contributed by atoms with Crippen LogP contribution in [0.1, 0.15) is 32.9 Å². The second-order valence-corrected chi connectivity index (χ2v) is 4.91. The molecule has 0 aliphatic heterocycles. The SMILES string of the molecule is Cc1nn(C)c(C)c1CNC(=O)c1cccc(O)c1C. The van der Waals surface area contributed by atoms with E-state index in [4.69, 9.17) is 0 Å². The van der Waals surface area contributed by atoms with E-state index < -0.39 is 0 Å². The number of aromatic nitrogens is 2. The largest absolute Gasteiger partial charge is 0.508 e. The Morgan fingerprint density at radius 3 is 2.65 bits per heavy atom. The number of aryl methyl sites for hydroxylation is 2. The van der Waals surface area contributed by atoms with E-state index in [1.807, 2.05) is 20.9 Å². The van der Waals surface area contributed by atoms with Crippen molar-refractivity contribution in [3.8, 4) is 5.75 Å². The van der Waals surface area contributed by atoms with Gasteiger partial charge in [-0.25, -0.2) is 0 Å². The smallest absolute Gasteiger partial charge is 0.251 e. The van der Waals surface area contributed by atoms with Crippen molar-refractivity contribution in [3.63, 3.8) is 0 Å². The fraction of sp³-hybridized carbons (Fsp3) is 0.333. The lowest BCUT2D eigenvalue weighted by Crippen LogP contribution is -2.24. The Hall–Kier alpha value is -2.30. The minimum atomic E-state index is -0.193. The summed E-state index contributed by atoms with van der Waals surface area (Å²) in [6, 6.07) is 4.94. The molecule has 0 spiro atoms. The number of nitrogens with zero attached hydrogens (tertiary/aromatic N) is 2. The number of hydrogen-bond donors (Lipinski definition) is 2. The van der Waals surface area contributed by atoms with Crippen LogP contribution in [0.5, 0.6) is 5.75 Å². The van der Waals surface area contributed by atoms with Crippen LogP contribution in [0.2, 0.25) is 0 Å². The number of benzene rings is 1. The van der Waals surface area contributed by atoms with Crippen LogP contribution in [0.3, 0.4) is 0 Å². The first-order valence-corrected chi connectivity index (χ1v) is 6.47. The number of amides is 1. The van der Waals surface area contributed by atoms with Gasteiger partial charge in [0.05, 0.1) is 5.69 Å². The van der Waals surface area contributed by atoms with E-state index in [2.05, 4.69) is 10.4 Å². The Balaban J connectivity index is 2.15. The summed E-state index contributed by atoms with van der Waals surface area (Å²) in [6.07, 6.45) is 0. The highest BCUT2D eigenvalue weighted by atomic mass is 16.3. The van der Waals surface area contributed by atoms with E-state index in [9.17, 15) is 9.90 Å². The zero-order chi connectivity index (χ0) is 14.9. The zero-order valence-corrected chi connectivity index (χ0v) is 12.2. The third kappa shape index (κ3) is 2.52. The highest BCUT2D eigenvalue weighted by molar-refractivity contribution is 5.96. The third-order valence-corrected chi connectivity index (χ3v) is 3.63. The number of nitrogens with one attached hydrogen (secondary N) is 1. The number of aromatic hydroxyl groups is 1. The van der Waals surface area contributed by atoms with Crippen molar-refractivity contribution in [1.82, 2.24) is 15.1 Å². The molecule has 2 rings (SSSR count). The lowest BCUT2D eigenvalue weighted by Gasteiger charge is -2.09. The Kier molecular flexibility index (Phi) is 3.79. The van der Waals surface area contributed by atoms with Gasteiger partial charge in [0, 0.05) is 36.0 Å². The monoisotopic (exact) mass is 273 g/mol. The van der Waals surface area contributed by atoms with E-state index in [1.54, 1.807) is 29.8 Å². The molecule has 0 saturated carbocycles. The van der Waals surface area contributed by atoms with Crippen molar-refractivity contribution in [3.05, 3.63) is 46.3 Å². The van der Waals surface area contributed by atoms with Crippen LogP contribution in [0.25, 0.3) is 0 Å². The van der Waals surface area contributed by atoms with Crippen molar-refractivity contribution in [2.75, 3.05) is 0 Å². The molecule has 1 heterocycles. The molecular weight excluding hydrogens is 254 g/mol. The van der Waals surface area contributed by atoms with Gasteiger partial charge < -0.3 is 10.4 Å². The number of carbonyl (C=O) groups excluding carboxylic acids is 1. The van der Waals surface area contributed by atoms with Crippen LogP contribution in [0, 0.1) is 20.8 Å². The summed E-state index contributed by atoms with van der Waals surface area (Å²) in [5.74, 6) is -0.0626. The van der Waals surface area contributed by atoms with Crippen LogP contribution < -0.4 is 5.32 Å². The molecule has 0 aliphatic carbocycles. The predicted molar refractivity (Wildman–Crippen MR) is 76.7 cm³/mol. The van der Waals surface area contributed by atoms with Crippen LogP contribution in [-0.4, -0.2) is 20.8 Å². The number of phenols is 1. The number of hydrogen-bond acceptors (Lipinski definition) is 3.